The van der Waals surface area contributed by atoms with Gasteiger partial charge in [0.1, 0.15) is 0 Å². The van der Waals surface area contributed by atoms with E-state index in [9.17, 15) is 0 Å². The van der Waals surface area contributed by atoms with Gasteiger partial charge in [-0.3, -0.25) is 0 Å². The molecule has 2 rings (SSSR count). The van der Waals surface area contributed by atoms with Gasteiger partial charge in [0.2, 0.25) is 5.13 Å². The Balaban J connectivity index is 1.86. The smallest absolute Gasteiger partial charge is 0.202 e. The molecule has 0 atom stereocenters. The van der Waals surface area contributed by atoms with Crippen molar-refractivity contribution in [2.75, 3.05) is 11.9 Å². The van der Waals surface area contributed by atoms with Gasteiger partial charge in [-0.15, -0.1) is 11.8 Å². The molecule has 6 heteroatoms. The Morgan fingerprint density at radius 1 is 1.42 bits per heavy atom. The molecule has 0 aliphatic rings. The quantitative estimate of drug-likeness (QED) is 0.762. The van der Waals surface area contributed by atoms with Crippen molar-refractivity contribution in [2.45, 2.75) is 24.5 Å². The van der Waals surface area contributed by atoms with E-state index in [1.807, 2.05) is 12.1 Å². The van der Waals surface area contributed by atoms with Crippen molar-refractivity contribution in [3.63, 3.8) is 0 Å². The molecule has 3 nitrogen and oxygen atoms in total. The van der Waals surface area contributed by atoms with Crippen LogP contribution in [-0.2, 0) is 5.75 Å². The van der Waals surface area contributed by atoms with Gasteiger partial charge in [-0.2, -0.15) is 4.37 Å². The average Bonchev–Trinajstić information content (AvgIpc) is 2.82. The molecule has 0 amide bonds. The minimum atomic E-state index is 0.614. The Labute approximate surface area is 130 Å². The number of nitrogens with zero attached hydrogens (tertiary/aromatic N) is 2. The highest BCUT2D eigenvalue weighted by atomic mass is 79.9. The van der Waals surface area contributed by atoms with Gasteiger partial charge in [0.25, 0.3) is 0 Å². The minimum absolute atomic E-state index is 0.614. The van der Waals surface area contributed by atoms with Gasteiger partial charge in [-0.25, -0.2) is 4.98 Å². The highest BCUT2D eigenvalue weighted by Gasteiger charge is 2.05. The summed E-state index contributed by atoms with van der Waals surface area (Å²) in [4.78, 5) is 5.71. The molecule has 0 saturated carbocycles. The average molecular weight is 358 g/mol. The van der Waals surface area contributed by atoms with Gasteiger partial charge in [0.15, 0.2) is 5.82 Å². The molecule has 2 aromatic rings. The number of halogens is 1. The molecule has 1 N–H and O–H groups in total. The van der Waals surface area contributed by atoms with Gasteiger partial charge < -0.3 is 5.32 Å². The van der Waals surface area contributed by atoms with Crippen LogP contribution in [-0.4, -0.2) is 15.9 Å². The second-order valence-corrected chi connectivity index (χ2v) is 7.25. The Hall–Kier alpha value is -0.590. The fraction of sp³-hybridized carbons (Fsp3) is 0.385. The number of hydrogen-bond donors (Lipinski definition) is 1. The maximum Gasteiger partial charge on any atom is 0.202 e. The molecule has 0 aliphatic carbocycles. The van der Waals surface area contributed by atoms with Gasteiger partial charge in [0.05, 0.1) is 5.75 Å². The Morgan fingerprint density at radius 3 is 3.00 bits per heavy atom. The van der Waals surface area contributed by atoms with Crippen LogP contribution in [0.25, 0.3) is 0 Å². The molecule has 0 aliphatic heterocycles. The third-order valence-electron chi connectivity index (χ3n) is 2.29. The summed E-state index contributed by atoms with van der Waals surface area (Å²) in [7, 11) is 0. The predicted octanol–water partition coefficient (Wildman–Crippen LogP) is 4.66. The van der Waals surface area contributed by atoms with Crippen molar-refractivity contribution < 1.29 is 0 Å². The van der Waals surface area contributed by atoms with Crippen LogP contribution in [0.15, 0.2) is 33.6 Å². The van der Waals surface area contributed by atoms with Crippen molar-refractivity contribution in [2.24, 2.45) is 5.92 Å². The van der Waals surface area contributed by atoms with Crippen LogP contribution < -0.4 is 5.32 Å². The zero-order valence-electron chi connectivity index (χ0n) is 10.9. The summed E-state index contributed by atoms with van der Waals surface area (Å²) in [6, 6.07) is 8.27. The van der Waals surface area contributed by atoms with Crippen molar-refractivity contribution in [3.8, 4) is 0 Å². The molecule has 0 bridgehead atoms. The number of hydrogen-bond acceptors (Lipinski definition) is 5. The molecule has 0 spiro atoms. The molecule has 0 saturated heterocycles. The van der Waals surface area contributed by atoms with E-state index in [0.717, 1.165) is 27.7 Å². The van der Waals surface area contributed by atoms with E-state index in [-0.39, 0.29) is 0 Å². The molecule has 0 unspecified atom stereocenters. The van der Waals surface area contributed by atoms with E-state index in [4.69, 9.17) is 0 Å². The molecule has 1 aromatic carbocycles. The largest absolute Gasteiger partial charge is 0.360 e. The van der Waals surface area contributed by atoms with Crippen molar-refractivity contribution >= 4 is 44.4 Å². The summed E-state index contributed by atoms with van der Waals surface area (Å²) in [5, 5.41) is 4.22. The monoisotopic (exact) mass is 357 g/mol. The lowest BCUT2D eigenvalue weighted by atomic mass is 10.2. The lowest BCUT2D eigenvalue weighted by molar-refractivity contribution is 0.688. The summed E-state index contributed by atoms with van der Waals surface area (Å²) >= 11 is 6.66. The standard InChI is InChI=1S/C13H16BrN3S2/c1-9(2)7-15-13-16-12(17-19-13)8-18-11-5-3-4-10(14)6-11/h3-6,9H,7-8H2,1-2H3,(H,15,16,17). The van der Waals surface area contributed by atoms with E-state index >= 15 is 0 Å². The van der Waals surface area contributed by atoms with E-state index in [1.165, 1.54) is 16.4 Å². The molecule has 102 valence electrons. The van der Waals surface area contributed by atoms with E-state index in [1.54, 1.807) is 11.8 Å². The van der Waals surface area contributed by atoms with Gasteiger partial charge in [-0.05, 0) is 24.1 Å². The Bertz CT molecular complexity index is 528. The third-order valence-corrected chi connectivity index (χ3v) is 4.49. The third kappa shape index (κ3) is 5.12. The van der Waals surface area contributed by atoms with Crippen molar-refractivity contribution in [1.82, 2.24) is 9.36 Å². The second kappa shape index (κ2) is 7.26. The first-order valence-corrected chi connectivity index (χ1v) is 8.63. The summed E-state index contributed by atoms with van der Waals surface area (Å²) in [6.07, 6.45) is 0. The topological polar surface area (TPSA) is 37.8 Å². The van der Waals surface area contributed by atoms with Crippen molar-refractivity contribution in [3.05, 3.63) is 34.6 Å². The van der Waals surface area contributed by atoms with Gasteiger partial charge >= 0.3 is 0 Å². The van der Waals surface area contributed by atoms with E-state index in [2.05, 4.69) is 56.6 Å². The highest BCUT2D eigenvalue weighted by Crippen LogP contribution is 2.25. The first-order chi connectivity index (χ1) is 9.13. The number of anilines is 1. The van der Waals surface area contributed by atoms with Crippen LogP contribution in [0.1, 0.15) is 19.7 Å². The Kier molecular flexibility index (Phi) is 5.66. The number of thioether (sulfide) groups is 1. The Morgan fingerprint density at radius 2 is 2.26 bits per heavy atom. The number of nitrogens with one attached hydrogen (secondary N) is 1. The zero-order valence-corrected chi connectivity index (χ0v) is 14.1. The first kappa shape index (κ1) is 14.8. The summed E-state index contributed by atoms with van der Waals surface area (Å²) < 4.78 is 5.47. The van der Waals surface area contributed by atoms with E-state index in [0.29, 0.717) is 5.92 Å². The fourth-order valence-corrected chi connectivity index (χ4v) is 3.41. The lowest BCUT2D eigenvalue weighted by Crippen LogP contribution is -2.07. The molecule has 0 fully saturated rings. The predicted molar refractivity (Wildman–Crippen MR) is 86.9 cm³/mol. The molecule has 1 heterocycles. The zero-order chi connectivity index (χ0) is 13.7. The second-order valence-electron chi connectivity index (χ2n) is 4.54. The fourth-order valence-electron chi connectivity index (χ4n) is 1.38. The lowest BCUT2D eigenvalue weighted by Gasteiger charge is -2.03. The SMILES string of the molecule is CC(C)CNc1nc(CSc2cccc(Br)c2)ns1. The minimum Gasteiger partial charge on any atom is -0.360 e. The van der Waals surface area contributed by atoms with Crippen LogP contribution in [0.4, 0.5) is 5.13 Å². The normalized spacial score (nSPS) is 10.9. The van der Waals surface area contributed by atoms with Crippen LogP contribution >= 0.6 is 39.2 Å². The molecule has 19 heavy (non-hydrogen) atoms. The molecule has 0 radical (unpaired) electrons. The van der Waals surface area contributed by atoms with Gasteiger partial charge in [-0.1, -0.05) is 35.8 Å². The molecule has 1 aromatic heterocycles. The first-order valence-electron chi connectivity index (χ1n) is 6.08. The maximum absolute atomic E-state index is 4.48. The van der Waals surface area contributed by atoms with Crippen LogP contribution in [0.2, 0.25) is 0 Å². The van der Waals surface area contributed by atoms with Gasteiger partial charge in [0, 0.05) is 27.4 Å². The van der Waals surface area contributed by atoms with Crippen LogP contribution in [0.3, 0.4) is 0 Å². The van der Waals surface area contributed by atoms with Crippen molar-refractivity contribution in [1.29, 1.82) is 0 Å². The highest BCUT2D eigenvalue weighted by molar-refractivity contribution is 9.10. The number of aromatic nitrogens is 2. The maximum atomic E-state index is 4.48. The molecular formula is C13H16BrN3S2. The van der Waals surface area contributed by atoms with E-state index < -0.39 is 0 Å². The van der Waals surface area contributed by atoms with Crippen LogP contribution in [0.5, 0.6) is 0 Å². The number of rotatable bonds is 6. The summed E-state index contributed by atoms with van der Waals surface area (Å²) in [6.45, 7) is 5.30. The number of benzene rings is 1. The summed E-state index contributed by atoms with van der Waals surface area (Å²) in [5.41, 5.74) is 0. The molecular weight excluding hydrogens is 342 g/mol. The van der Waals surface area contributed by atoms with Crippen LogP contribution in [0, 0.1) is 5.92 Å². The summed E-state index contributed by atoms with van der Waals surface area (Å²) in [5.74, 6) is 2.31.